The highest BCUT2D eigenvalue weighted by atomic mass is 31.2. The smallest absolute Gasteiger partial charge is 0.462 e. The minimum atomic E-state index is -4.95. The van der Waals surface area contributed by atoms with Crippen molar-refractivity contribution < 1.29 is 80.2 Å². The lowest BCUT2D eigenvalue weighted by molar-refractivity contribution is -0.161. The van der Waals surface area contributed by atoms with E-state index in [1.54, 1.807) is 0 Å². The average Bonchev–Trinajstić information content (AvgIpc) is 3.71. The van der Waals surface area contributed by atoms with Gasteiger partial charge in [-0.25, -0.2) is 9.13 Å². The number of carbonyl (C=O) groups excluding carboxylic acids is 4. The van der Waals surface area contributed by atoms with Crippen molar-refractivity contribution in [3.05, 3.63) is 0 Å². The fourth-order valence-electron chi connectivity index (χ4n) is 10.3. The van der Waals surface area contributed by atoms with Gasteiger partial charge in [0.2, 0.25) is 0 Å². The maximum absolute atomic E-state index is 13.0. The Morgan fingerprint density at radius 1 is 0.318 bits per heavy atom. The molecule has 0 saturated heterocycles. The average molecular weight is 1300 g/mol. The van der Waals surface area contributed by atoms with Gasteiger partial charge in [-0.2, -0.15) is 0 Å². The van der Waals surface area contributed by atoms with Crippen LogP contribution >= 0.6 is 15.6 Å². The highest BCUT2D eigenvalue weighted by Gasteiger charge is 2.30. The number of hydrogen-bond acceptors (Lipinski definition) is 15. The second-order valence-electron chi connectivity index (χ2n) is 25.6. The molecule has 0 bridgehead atoms. The van der Waals surface area contributed by atoms with E-state index in [9.17, 15) is 43.2 Å². The maximum atomic E-state index is 13.0. The largest absolute Gasteiger partial charge is 0.472 e. The quantitative estimate of drug-likeness (QED) is 0.0222. The van der Waals surface area contributed by atoms with Crippen molar-refractivity contribution >= 4 is 39.5 Å². The Labute approximate surface area is 537 Å². The molecule has 8 atom stereocenters. The van der Waals surface area contributed by atoms with Gasteiger partial charge in [0, 0.05) is 25.7 Å². The summed E-state index contributed by atoms with van der Waals surface area (Å²) in [5, 5.41) is 10.6. The van der Waals surface area contributed by atoms with Crippen molar-refractivity contribution in [3.8, 4) is 0 Å². The first-order valence-corrected chi connectivity index (χ1v) is 39.0. The molecule has 0 saturated carbocycles. The molecule has 0 fully saturated rings. The molecule has 0 spiro atoms. The third-order valence-electron chi connectivity index (χ3n) is 17.0. The summed E-state index contributed by atoms with van der Waals surface area (Å²) in [7, 11) is -9.90. The molecule has 0 aliphatic heterocycles. The molecular weight excluding hydrogens is 1160 g/mol. The van der Waals surface area contributed by atoms with Gasteiger partial charge < -0.3 is 33.8 Å². The van der Waals surface area contributed by atoms with Crippen molar-refractivity contribution in [2.45, 2.75) is 362 Å². The third-order valence-corrected chi connectivity index (χ3v) is 18.9. The summed E-state index contributed by atoms with van der Waals surface area (Å²) < 4.78 is 68.2. The first-order valence-electron chi connectivity index (χ1n) is 36.0. The van der Waals surface area contributed by atoms with E-state index in [0.29, 0.717) is 25.7 Å². The molecule has 0 aliphatic rings. The van der Waals surface area contributed by atoms with Crippen molar-refractivity contribution in [1.29, 1.82) is 0 Å². The summed E-state index contributed by atoms with van der Waals surface area (Å²) >= 11 is 0. The van der Waals surface area contributed by atoms with Gasteiger partial charge in [-0.1, -0.05) is 292 Å². The van der Waals surface area contributed by atoms with Crippen LogP contribution in [0.5, 0.6) is 0 Å². The van der Waals surface area contributed by atoms with Crippen molar-refractivity contribution in [3.63, 3.8) is 0 Å². The molecule has 88 heavy (non-hydrogen) atoms. The summed E-state index contributed by atoms with van der Waals surface area (Å²) in [5.41, 5.74) is 0. The fourth-order valence-corrected chi connectivity index (χ4v) is 11.8. The van der Waals surface area contributed by atoms with Crippen LogP contribution in [0.25, 0.3) is 0 Å². The zero-order valence-electron chi connectivity index (χ0n) is 57.2. The van der Waals surface area contributed by atoms with Crippen LogP contribution in [-0.4, -0.2) is 96.7 Å². The Hall–Kier alpha value is -1.94. The van der Waals surface area contributed by atoms with E-state index in [-0.39, 0.29) is 25.7 Å². The van der Waals surface area contributed by atoms with E-state index in [0.717, 1.165) is 114 Å². The molecule has 0 aromatic rings. The number of hydrogen-bond donors (Lipinski definition) is 3. The van der Waals surface area contributed by atoms with Gasteiger partial charge in [-0.05, 0) is 43.4 Å². The van der Waals surface area contributed by atoms with Crippen molar-refractivity contribution in [1.82, 2.24) is 0 Å². The van der Waals surface area contributed by atoms with Crippen molar-refractivity contribution in [2.24, 2.45) is 17.8 Å². The molecule has 0 aromatic carbocycles. The van der Waals surface area contributed by atoms with Gasteiger partial charge >= 0.3 is 39.5 Å². The predicted octanol–water partition coefficient (Wildman–Crippen LogP) is 19.5. The number of esters is 4. The van der Waals surface area contributed by atoms with Gasteiger partial charge in [0.05, 0.1) is 26.4 Å². The summed E-state index contributed by atoms with van der Waals surface area (Å²) in [5.74, 6) is 0.149. The summed E-state index contributed by atoms with van der Waals surface area (Å²) in [6, 6.07) is 0. The van der Waals surface area contributed by atoms with Gasteiger partial charge in [0.15, 0.2) is 12.2 Å². The Kier molecular flexibility index (Phi) is 58.7. The minimum absolute atomic E-state index is 0.104. The fraction of sp³-hybridized carbons (Fsp3) is 0.942. The predicted molar refractivity (Wildman–Crippen MR) is 354 cm³/mol. The third kappa shape index (κ3) is 59.1. The highest BCUT2D eigenvalue weighted by molar-refractivity contribution is 7.47. The standard InChI is InChI=1S/C69H134O17P2/c1-8-12-13-14-15-16-17-18-19-20-21-29-38-45-52-68(73)85-64(56-79-66(71)50-43-36-28-24-22-26-33-40-47-60(5)9-2)58-83-87(75,76)81-54-63(70)55-82-88(77,78)84-59-65(57-80-67(72)51-44-37-32-31-35-42-49-62(7)11-4)86-69(74)53-46-39-30-25-23-27-34-41-48-61(6)10-3/h60-65,70H,8-59H2,1-7H3,(H,75,76)(H,77,78)/t60?,61?,62?,63-,64-,65-/m1/s1. The first-order chi connectivity index (χ1) is 42.3. The SMILES string of the molecule is CCCCCCCCCCCCCCCCC(=O)O[C@H](COC(=O)CCCCCCCCCCC(C)CC)COP(=O)(O)OC[C@@H](O)COP(=O)(O)OC[C@@H](COC(=O)CCCCCCCCC(C)CC)OC(=O)CCCCCCCCCCC(C)CC. The zero-order valence-corrected chi connectivity index (χ0v) is 59.0. The van der Waals surface area contributed by atoms with Gasteiger partial charge in [-0.15, -0.1) is 0 Å². The lowest BCUT2D eigenvalue weighted by Crippen LogP contribution is -2.30. The Balaban J connectivity index is 5.27. The van der Waals surface area contributed by atoms with Crippen LogP contribution in [0, 0.1) is 17.8 Å². The Morgan fingerprint density at radius 2 is 0.545 bits per heavy atom. The van der Waals surface area contributed by atoms with E-state index in [1.165, 1.54) is 148 Å². The van der Waals surface area contributed by atoms with Crippen LogP contribution in [0.2, 0.25) is 0 Å². The van der Waals surface area contributed by atoms with Crippen LogP contribution < -0.4 is 0 Å². The molecule has 0 aromatic heterocycles. The first kappa shape index (κ1) is 86.1. The Bertz CT molecular complexity index is 1740. The van der Waals surface area contributed by atoms with Gasteiger partial charge in [0.25, 0.3) is 0 Å². The van der Waals surface area contributed by atoms with Gasteiger partial charge in [0.1, 0.15) is 19.3 Å². The number of rotatable bonds is 67. The van der Waals surface area contributed by atoms with E-state index < -0.39 is 97.5 Å². The topological polar surface area (TPSA) is 237 Å². The van der Waals surface area contributed by atoms with E-state index in [4.69, 9.17) is 37.0 Å². The normalized spacial score (nSPS) is 15.2. The number of aliphatic hydroxyl groups is 1. The van der Waals surface area contributed by atoms with E-state index in [1.807, 2.05) is 0 Å². The number of unbranched alkanes of at least 4 members (excludes halogenated alkanes) is 32. The number of phosphoric ester groups is 2. The molecule has 3 N–H and O–H groups in total. The minimum Gasteiger partial charge on any atom is -0.462 e. The Morgan fingerprint density at radius 3 is 0.807 bits per heavy atom. The van der Waals surface area contributed by atoms with Crippen LogP contribution in [-0.2, 0) is 65.4 Å². The molecule has 0 heterocycles. The number of phosphoric acid groups is 2. The van der Waals surface area contributed by atoms with E-state index in [2.05, 4.69) is 48.5 Å². The highest BCUT2D eigenvalue weighted by Crippen LogP contribution is 2.45. The van der Waals surface area contributed by atoms with Crippen LogP contribution in [0.3, 0.4) is 0 Å². The lowest BCUT2D eigenvalue weighted by Gasteiger charge is -2.21. The molecular formula is C69H134O17P2. The summed E-state index contributed by atoms with van der Waals surface area (Å²) in [4.78, 5) is 72.5. The van der Waals surface area contributed by atoms with Gasteiger partial charge in [-0.3, -0.25) is 37.3 Å². The summed E-state index contributed by atoms with van der Waals surface area (Å²) in [6.07, 6.45) is 42.9. The molecule has 17 nitrogen and oxygen atoms in total. The lowest BCUT2D eigenvalue weighted by atomic mass is 9.99. The second-order valence-corrected chi connectivity index (χ2v) is 28.6. The maximum Gasteiger partial charge on any atom is 0.472 e. The van der Waals surface area contributed by atoms with Crippen LogP contribution in [0.15, 0.2) is 0 Å². The molecule has 0 rings (SSSR count). The zero-order chi connectivity index (χ0) is 65.2. The van der Waals surface area contributed by atoms with Crippen molar-refractivity contribution in [2.75, 3.05) is 39.6 Å². The number of carbonyl (C=O) groups is 4. The molecule has 5 unspecified atom stereocenters. The number of aliphatic hydroxyl groups excluding tert-OH is 1. The van der Waals surface area contributed by atoms with Crippen LogP contribution in [0.4, 0.5) is 0 Å². The second kappa shape index (κ2) is 60.0. The molecule has 19 heteroatoms. The van der Waals surface area contributed by atoms with Crippen LogP contribution in [0.1, 0.15) is 344 Å². The molecule has 0 amide bonds. The molecule has 0 aliphatic carbocycles. The summed E-state index contributed by atoms with van der Waals surface area (Å²) in [6.45, 7) is 11.8. The molecule has 0 radical (unpaired) electrons. The monoisotopic (exact) mass is 1300 g/mol. The number of ether oxygens (including phenoxy) is 4. The molecule has 522 valence electrons. The van der Waals surface area contributed by atoms with E-state index >= 15 is 0 Å².